The molecule has 4 rings (SSSR count). The molecule has 0 saturated carbocycles. The smallest absolute Gasteiger partial charge is 0.406 e. The Morgan fingerprint density at radius 1 is 1.03 bits per heavy atom. The second kappa shape index (κ2) is 8.28. The lowest BCUT2D eigenvalue weighted by atomic mass is 10.00. The highest BCUT2D eigenvalue weighted by atomic mass is 19.4. The van der Waals surface area contributed by atoms with Crippen molar-refractivity contribution in [3.05, 3.63) is 64.2 Å². The van der Waals surface area contributed by atoms with Gasteiger partial charge in [0, 0.05) is 38.3 Å². The van der Waals surface area contributed by atoms with Gasteiger partial charge >= 0.3 is 6.36 Å². The van der Waals surface area contributed by atoms with Gasteiger partial charge in [-0.15, -0.1) is 13.2 Å². The van der Waals surface area contributed by atoms with Crippen LogP contribution in [-0.2, 0) is 24.4 Å². The molecule has 1 fully saturated rings. The normalized spacial score (nSPS) is 17.3. The summed E-state index contributed by atoms with van der Waals surface area (Å²) in [7, 11) is 0. The van der Waals surface area contributed by atoms with Crippen LogP contribution in [0.3, 0.4) is 0 Å². The largest absolute Gasteiger partial charge is 0.573 e. The number of carbonyl (C=O) groups is 1. The summed E-state index contributed by atoms with van der Waals surface area (Å²) in [6.45, 7) is 6.87. The number of benzene rings is 2. The Kier molecular flexibility index (Phi) is 5.71. The molecule has 0 bridgehead atoms. The summed E-state index contributed by atoms with van der Waals surface area (Å²) in [4.78, 5) is 17.0. The third-order valence-corrected chi connectivity index (χ3v) is 5.38. The molecule has 0 radical (unpaired) electrons. The topological polar surface area (TPSA) is 42.0 Å². The van der Waals surface area contributed by atoms with Crippen molar-refractivity contribution >= 4 is 5.91 Å². The molecule has 5 nitrogen and oxygen atoms in total. The highest BCUT2D eigenvalue weighted by molar-refractivity contribution is 5.99. The summed E-state index contributed by atoms with van der Waals surface area (Å²) in [6.07, 6.45) is -4.72. The van der Waals surface area contributed by atoms with Gasteiger partial charge in [0.2, 0.25) is 0 Å². The predicted molar refractivity (Wildman–Crippen MR) is 104 cm³/mol. The van der Waals surface area contributed by atoms with Crippen LogP contribution < -0.4 is 4.74 Å². The third kappa shape index (κ3) is 4.76. The second-order valence-corrected chi connectivity index (χ2v) is 7.69. The number of fused-ring (bicyclic) bond motifs is 1. The number of hydrogen-bond donors (Lipinski definition) is 0. The van der Waals surface area contributed by atoms with E-state index in [1.807, 2.05) is 6.92 Å². The Labute approximate surface area is 173 Å². The molecule has 2 aliphatic rings. The molecule has 160 valence electrons. The SMILES string of the molecule is Cc1cc(CN2CCOCC2)cc2c1C(=O)N(Cc1ccc(OC(F)(F)F)cc1)C2. The van der Waals surface area contributed by atoms with E-state index in [2.05, 4.69) is 21.8 Å². The molecule has 8 heteroatoms. The predicted octanol–water partition coefficient (Wildman–Crippen LogP) is 3.88. The second-order valence-electron chi connectivity index (χ2n) is 7.69. The van der Waals surface area contributed by atoms with Gasteiger partial charge in [0.05, 0.1) is 13.2 Å². The van der Waals surface area contributed by atoms with Gasteiger partial charge in [0.1, 0.15) is 5.75 Å². The fourth-order valence-corrected chi connectivity index (χ4v) is 4.06. The third-order valence-electron chi connectivity index (χ3n) is 5.38. The van der Waals surface area contributed by atoms with Gasteiger partial charge < -0.3 is 14.4 Å². The first-order valence-electron chi connectivity index (χ1n) is 9.85. The van der Waals surface area contributed by atoms with Crippen molar-refractivity contribution < 1.29 is 27.4 Å². The Bertz CT molecular complexity index is 922. The molecule has 30 heavy (non-hydrogen) atoms. The summed E-state index contributed by atoms with van der Waals surface area (Å²) >= 11 is 0. The lowest BCUT2D eigenvalue weighted by Crippen LogP contribution is -2.35. The summed E-state index contributed by atoms with van der Waals surface area (Å²) in [5, 5.41) is 0. The van der Waals surface area contributed by atoms with Crippen LogP contribution in [0.5, 0.6) is 5.75 Å². The van der Waals surface area contributed by atoms with E-state index < -0.39 is 6.36 Å². The lowest BCUT2D eigenvalue weighted by molar-refractivity contribution is -0.274. The maximum atomic E-state index is 12.9. The number of carbonyl (C=O) groups excluding carboxylic acids is 1. The molecule has 2 aromatic rings. The van der Waals surface area contributed by atoms with Crippen molar-refractivity contribution in [2.45, 2.75) is 32.9 Å². The summed E-state index contributed by atoms with van der Waals surface area (Å²) in [5.74, 6) is -0.318. The number of nitrogens with zero attached hydrogens (tertiary/aromatic N) is 2. The Hall–Kier alpha value is -2.58. The number of alkyl halides is 3. The van der Waals surface area contributed by atoms with Crippen LogP contribution in [0.2, 0.25) is 0 Å². The van der Waals surface area contributed by atoms with Gasteiger partial charge in [-0.2, -0.15) is 0 Å². The molecule has 1 amide bonds. The van der Waals surface area contributed by atoms with E-state index in [0.29, 0.717) is 13.1 Å². The van der Waals surface area contributed by atoms with Crippen LogP contribution in [0.1, 0.15) is 32.6 Å². The molecule has 2 aromatic carbocycles. The molecule has 0 unspecified atom stereocenters. The number of amides is 1. The Balaban J connectivity index is 1.44. The highest BCUT2D eigenvalue weighted by Gasteiger charge is 2.32. The average molecular weight is 420 g/mol. The van der Waals surface area contributed by atoms with E-state index in [1.54, 1.807) is 17.0 Å². The fraction of sp³-hybridized carbons (Fsp3) is 0.409. The van der Waals surface area contributed by atoms with Crippen molar-refractivity contribution in [1.82, 2.24) is 9.80 Å². The molecule has 0 spiro atoms. The van der Waals surface area contributed by atoms with Crippen LogP contribution >= 0.6 is 0 Å². The van der Waals surface area contributed by atoms with Crippen LogP contribution in [0.15, 0.2) is 36.4 Å². The van der Waals surface area contributed by atoms with Crippen molar-refractivity contribution in [1.29, 1.82) is 0 Å². The van der Waals surface area contributed by atoms with Crippen LogP contribution in [0.25, 0.3) is 0 Å². The van der Waals surface area contributed by atoms with E-state index in [0.717, 1.165) is 55.1 Å². The van der Waals surface area contributed by atoms with Gasteiger partial charge in [0.15, 0.2) is 0 Å². The fourth-order valence-electron chi connectivity index (χ4n) is 4.06. The van der Waals surface area contributed by atoms with E-state index in [9.17, 15) is 18.0 Å². The van der Waals surface area contributed by atoms with Crippen molar-refractivity contribution in [2.24, 2.45) is 0 Å². The first kappa shape index (κ1) is 20.7. The van der Waals surface area contributed by atoms with Crippen molar-refractivity contribution in [3.63, 3.8) is 0 Å². The Morgan fingerprint density at radius 3 is 2.40 bits per heavy atom. The summed E-state index contributed by atoms with van der Waals surface area (Å²) in [5.41, 5.74) is 4.61. The van der Waals surface area contributed by atoms with Crippen LogP contribution in [-0.4, -0.2) is 48.4 Å². The summed E-state index contributed by atoms with van der Waals surface area (Å²) < 4.78 is 46.2. The summed E-state index contributed by atoms with van der Waals surface area (Å²) in [6, 6.07) is 9.79. The first-order valence-corrected chi connectivity index (χ1v) is 9.85. The van der Waals surface area contributed by atoms with Gasteiger partial charge in [0.25, 0.3) is 5.91 Å². The molecule has 0 aliphatic carbocycles. The number of aryl methyl sites for hydroxylation is 1. The molecule has 0 N–H and O–H groups in total. The molecular weight excluding hydrogens is 397 g/mol. The van der Waals surface area contributed by atoms with Crippen molar-refractivity contribution in [3.8, 4) is 5.75 Å². The standard InChI is InChI=1S/C22H23F3N2O3/c1-15-10-17(12-26-6-8-29-9-7-26)11-18-14-27(21(28)20(15)18)13-16-2-4-19(5-3-16)30-22(23,24)25/h2-5,10-11H,6-9,12-14H2,1H3. The Morgan fingerprint density at radius 2 is 1.73 bits per heavy atom. The van der Waals surface area contributed by atoms with E-state index >= 15 is 0 Å². The van der Waals surface area contributed by atoms with E-state index in [1.165, 1.54) is 17.7 Å². The minimum atomic E-state index is -4.72. The number of morpholine rings is 1. The lowest BCUT2D eigenvalue weighted by Gasteiger charge is -2.26. The van der Waals surface area contributed by atoms with Gasteiger partial charge in [-0.1, -0.05) is 24.3 Å². The van der Waals surface area contributed by atoms with Gasteiger partial charge in [-0.05, 0) is 41.3 Å². The van der Waals surface area contributed by atoms with Gasteiger partial charge in [-0.3, -0.25) is 9.69 Å². The molecule has 0 aromatic heterocycles. The van der Waals surface area contributed by atoms with Gasteiger partial charge in [-0.25, -0.2) is 0 Å². The highest BCUT2D eigenvalue weighted by Crippen LogP contribution is 2.30. The number of halogens is 3. The minimum Gasteiger partial charge on any atom is -0.406 e. The number of hydrogen-bond acceptors (Lipinski definition) is 4. The zero-order valence-corrected chi connectivity index (χ0v) is 16.7. The van der Waals surface area contributed by atoms with Crippen LogP contribution in [0.4, 0.5) is 13.2 Å². The molecule has 1 saturated heterocycles. The molecular formula is C22H23F3N2O3. The molecule has 0 atom stereocenters. The minimum absolute atomic E-state index is 0.0453. The quantitative estimate of drug-likeness (QED) is 0.736. The zero-order chi connectivity index (χ0) is 21.3. The van der Waals surface area contributed by atoms with E-state index in [4.69, 9.17) is 4.74 Å². The number of rotatable bonds is 5. The molecule has 2 aliphatic heterocycles. The van der Waals surface area contributed by atoms with Crippen LogP contribution in [0, 0.1) is 6.92 Å². The first-order chi connectivity index (χ1) is 14.3. The monoisotopic (exact) mass is 420 g/mol. The number of ether oxygens (including phenoxy) is 2. The van der Waals surface area contributed by atoms with Crippen molar-refractivity contribution in [2.75, 3.05) is 26.3 Å². The van der Waals surface area contributed by atoms with E-state index in [-0.39, 0.29) is 11.7 Å². The maximum absolute atomic E-state index is 12.9. The maximum Gasteiger partial charge on any atom is 0.573 e. The zero-order valence-electron chi connectivity index (χ0n) is 16.7. The molecule has 2 heterocycles. The average Bonchev–Trinajstić information content (AvgIpc) is 2.99.